The first-order valence-corrected chi connectivity index (χ1v) is 10.2. The first kappa shape index (κ1) is 21.4. The lowest BCUT2D eigenvalue weighted by molar-refractivity contribution is -0.384. The second-order valence-electron chi connectivity index (χ2n) is 7.27. The Morgan fingerprint density at radius 2 is 1.90 bits per heavy atom. The van der Waals surface area contributed by atoms with Gasteiger partial charge in [0.15, 0.2) is 0 Å². The molecular formula is C20H26N6O4. The van der Waals surface area contributed by atoms with Crippen LogP contribution in [0.2, 0.25) is 0 Å². The Balaban J connectivity index is 1.75. The summed E-state index contributed by atoms with van der Waals surface area (Å²) < 4.78 is 7.02. The topological polar surface area (TPSA) is 125 Å². The van der Waals surface area contributed by atoms with Gasteiger partial charge in [0.05, 0.1) is 17.1 Å². The quantitative estimate of drug-likeness (QED) is 0.269. The average molecular weight is 414 g/mol. The second-order valence-corrected chi connectivity index (χ2v) is 7.27. The highest BCUT2D eigenvalue weighted by Gasteiger charge is 2.35. The standard InChI is InChI=1S/C20H26N6O4/c1-3-4-5-6-7-8-13-30-19(27)17-14(2)21-20-22-23-24-25(20)18(17)15-9-11-16(12-10-15)26(28)29/h9-12,18H,3-8,13H2,1-2H3,(H,21,22,24). The molecule has 0 saturated heterocycles. The fourth-order valence-corrected chi connectivity index (χ4v) is 3.49. The van der Waals surface area contributed by atoms with E-state index in [0.29, 0.717) is 29.4 Å². The van der Waals surface area contributed by atoms with E-state index < -0.39 is 16.9 Å². The minimum Gasteiger partial charge on any atom is -0.462 e. The number of anilines is 1. The van der Waals surface area contributed by atoms with E-state index in [1.165, 1.54) is 36.1 Å². The number of carbonyl (C=O) groups excluding carboxylic acids is 1. The van der Waals surface area contributed by atoms with Crippen molar-refractivity contribution >= 4 is 17.6 Å². The van der Waals surface area contributed by atoms with Gasteiger partial charge in [-0.15, -0.1) is 0 Å². The number of hydrogen-bond donors (Lipinski definition) is 1. The van der Waals surface area contributed by atoms with Crippen molar-refractivity contribution in [2.45, 2.75) is 58.4 Å². The summed E-state index contributed by atoms with van der Waals surface area (Å²) in [6.45, 7) is 4.28. The Bertz CT molecular complexity index is 922. The van der Waals surface area contributed by atoms with Crippen molar-refractivity contribution in [2.24, 2.45) is 0 Å². The molecular weight excluding hydrogens is 388 g/mol. The molecule has 1 aliphatic rings. The number of fused-ring (bicyclic) bond motifs is 1. The molecule has 0 radical (unpaired) electrons. The molecule has 1 aliphatic heterocycles. The van der Waals surface area contributed by atoms with Crippen LogP contribution in [0.4, 0.5) is 11.6 Å². The summed E-state index contributed by atoms with van der Waals surface area (Å²) in [6.07, 6.45) is 6.58. The average Bonchev–Trinajstić information content (AvgIpc) is 3.20. The third-order valence-corrected chi connectivity index (χ3v) is 5.08. The summed E-state index contributed by atoms with van der Waals surface area (Å²) in [5, 5.41) is 25.6. The lowest BCUT2D eigenvalue weighted by atomic mass is 9.95. The Kier molecular flexibility index (Phi) is 7.10. The van der Waals surface area contributed by atoms with Gasteiger partial charge in [0.1, 0.15) is 6.04 Å². The summed E-state index contributed by atoms with van der Waals surface area (Å²) >= 11 is 0. The maximum atomic E-state index is 12.9. The zero-order valence-electron chi connectivity index (χ0n) is 17.2. The van der Waals surface area contributed by atoms with Crippen molar-refractivity contribution < 1.29 is 14.5 Å². The number of aromatic nitrogens is 4. The highest BCUT2D eigenvalue weighted by molar-refractivity contribution is 5.92. The third kappa shape index (κ3) is 4.81. The highest BCUT2D eigenvalue weighted by Crippen LogP contribution is 2.35. The van der Waals surface area contributed by atoms with Gasteiger partial charge >= 0.3 is 5.97 Å². The van der Waals surface area contributed by atoms with Gasteiger partial charge in [0.25, 0.3) is 5.69 Å². The Morgan fingerprint density at radius 3 is 2.60 bits per heavy atom. The normalized spacial score (nSPS) is 15.5. The van der Waals surface area contributed by atoms with Crippen LogP contribution < -0.4 is 5.32 Å². The predicted octanol–water partition coefficient (Wildman–Crippen LogP) is 3.77. The molecule has 10 nitrogen and oxygen atoms in total. The second kappa shape index (κ2) is 9.95. The summed E-state index contributed by atoms with van der Waals surface area (Å²) in [4.78, 5) is 23.4. The van der Waals surface area contributed by atoms with E-state index in [4.69, 9.17) is 4.74 Å². The molecule has 10 heteroatoms. The monoisotopic (exact) mass is 414 g/mol. The smallest absolute Gasteiger partial charge is 0.338 e. The van der Waals surface area contributed by atoms with Gasteiger partial charge in [-0.2, -0.15) is 4.68 Å². The molecule has 30 heavy (non-hydrogen) atoms. The SMILES string of the molecule is CCCCCCCCOC(=O)C1=C(C)Nc2nnnn2C1c1ccc([N+](=O)[O-])cc1. The van der Waals surface area contributed by atoms with E-state index in [9.17, 15) is 14.9 Å². The Hall–Kier alpha value is -3.30. The van der Waals surface area contributed by atoms with Gasteiger partial charge in [0.2, 0.25) is 5.95 Å². The zero-order chi connectivity index (χ0) is 21.5. The molecule has 0 spiro atoms. The summed E-state index contributed by atoms with van der Waals surface area (Å²) in [7, 11) is 0. The van der Waals surface area contributed by atoms with Gasteiger partial charge in [-0.25, -0.2) is 4.79 Å². The number of nitro groups is 1. The Labute approximate surface area is 174 Å². The number of nitro benzene ring substituents is 1. The van der Waals surface area contributed by atoms with E-state index in [1.807, 2.05) is 0 Å². The molecule has 0 saturated carbocycles. The van der Waals surface area contributed by atoms with E-state index in [1.54, 1.807) is 19.1 Å². The number of non-ortho nitro benzene ring substituents is 1. The van der Waals surface area contributed by atoms with Crippen LogP contribution in [0.1, 0.15) is 64.0 Å². The Morgan fingerprint density at radius 1 is 1.20 bits per heavy atom. The molecule has 1 aromatic heterocycles. The number of nitrogens with zero attached hydrogens (tertiary/aromatic N) is 5. The predicted molar refractivity (Wildman–Crippen MR) is 110 cm³/mol. The fraction of sp³-hybridized carbons (Fsp3) is 0.500. The molecule has 0 fully saturated rings. The van der Waals surface area contributed by atoms with Crippen LogP contribution >= 0.6 is 0 Å². The molecule has 160 valence electrons. The number of benzene rings is 1. The maximum Gasteiger partial charge on any atom is 0.338 e. The highest BCUT2D eigenvalue weighted by atomic mass is 16.6. The van der Waals surface area contributed by atoms with Gasteiger partial charge in [0, 0.05) is 17.8 Å². The van der Waals surface area contributed by atoms with Crippen molar-refractivity contribution in [1.82, 2.24) is 20.2 Å². The zero-order valence-corrected chi connectivity index (χ0v) is 17.2. The molecule has 1 unspecified atom stereocenters. The summed E-state index contributed by atoms with van der Waals surface area (Å²) in [5.74, 6) is -0.0543. The number of hydrogen-bond acceptors (Lipinski definition) is 8. The number of tetrazole rings is 1. The molecule has 3 rings (SSSR count). The van der Waals surface area contributed by atoms with Crippen LogP contribution in [0.25, 0.3) is 0 Å². The number of unbranched alkanes of at least 4 members (excludes halogenated alkanes) is 5. The molecule has 1 aromatic carbocycles. The van der Waals surface area contributed by atoms with E-state index in [2.05, 4.69) is 27.8 Å². The summed E-state index contributed by atoms with van der Waals surface area (Å²) in [6, 6.07) is 5.38. The number of ether oxygens (including phenoxy) is 1. The van der Waals surface area contributed by atoms with Crippen molar-refractivity contribution in [1.29, 1.82) is 0 Å². The largest absolute Gasteiger partial charge is 0.462 e. The van der Waals surface area contributed by atoms with Crippen LogP contribution in [0.15, 0.2) is 35.5 Å². The third-order valence-electron chi connectivity index (χ3n) is 5.08. The van der Waals surface area contributed by atoms with Gasteiger partial charge < -0.3 is 10.1 Å². The molecule has 2 heterocycles. The molecule has 1 atom stereocenters. The van der Waals surface area contributed by atoms with Gasteiger partial charge in [-0.05, 0) is 41.5 Å². The molecule has 0 amide bonds. The maximum absolute atomic E-state index is 12.9. The number of nitrogens with one attached hydrogen (secondary N) is 1. The van der Waals surface area contributed by atoms with Crippen molar-refractivity contribution in [3.8, 4) is 0 Å². The van der Waals surface area contributed by atoms with Crippen LogP contribution in [-0.4, -0.2) is 37.7 Å². The molecule has 1 N–H and O–H groups in total. The molecule has 2 aromatic rings. The number of allylic oxidation sites excluding steroid dienone is 1. The molecule has 0 aliphatic carbocycles. The minimum absolute atomic E-state index is 0.0301. The number of carbonyl (C=O) groups is 1. The van der Waals surface area contributed by atoms with Gasteiger partial charge in [-0.3, -0.25) is 10.1 Å². The van der Waals surface area contributed by atoms with E-state index in [0.717, 1.165) is 19.3 Å². The van der Waals surface area contributed by atoms with E-state index >= 15 is 0 Å². The van der Waals surface area contributed by atoms with Crippen LogP contribution in [0, 0.1) is 10.1 Å². The van der Waals surface area contributed by atoms with Crippen LogP contribution in [0.5, 0.6) is 0 Å². The fourth-order valence-electron chi connectivity index (χ4n) is 3.49. The first-order chi connectivity index (χ1) is 14.5. The first-order valence-electron chi connectivity index (χ1n) is 10.2. The van der Waals surface area contributed by atoms with E-state index in [-0.39, 0.29) is 5.69 Å². The van der Waals surface area contributed by atoms with Crippen LogP contribution in [0.3, 0.4) is 0 Å². The summed E-state index contributed by atoms with van der Waals surface area (Å²) in [5.41, 5.74) is 1.60. The lowest BCUT2D eigenvalue weighted by Crippen LogP contribution is -2.29. The van der Waals surface area contributed by atoms with Gasteiger partial charge in [-0.1, -0.05) is 44.1 Å². The van der Waals surface area contributed by atoms with Crippen molar-refractivity contribution in [2.75, 3.05) is 11.9 Å². The minimum atomic E-state index is -0.630. The van der Waals surface area contributed by atoms with Crippen molar-refractivity contribution in [3.63, 3.8) is 0 Å². The van der Waals surface area contributed by atoms with Crippen molar-refractivity contribution in [3.05, 3.63) is 51.2 Å². The lowest BCUT2D eigenvalue weighted by Gasteiger charge is -2.27. The number of esters is 1. The molecule has 0 bridgehead atoms. The number of rotatable bonds is 10. The van der Waals surface area contributed by atoms with Crippen LogP contribution in [-0.2, 0) is 9.53 Å².